The highest BCUT2D eigenvalue weighted by Gasteiger charge is 2.17. The first-order valence-corrected chi connectivity index (χ1v) is 5.47. The number of nitrogens with zero attached hydrogens (tertiary/aromatic N) is 2. The topological polar surface area (TPSA) is 23.6 Å². The Morgan fingerprint density at radius 1 is 1.46 bits per heavy atom. The number of hydrogen-bond acceptors (Lipinski definition) is 3. The lowest BCUT2D eigenvalue weighted by molar-refractivity contribution is -0.129. The second-order valence-electron chi connectivity index (χ2n) is 3.16. The molecule has 0 aromatic heterocycles. The molecule has 0 radical (unpaired) electrons. The normalized spacial score (nSPS) is 18.7. The van der Waals surface area contributed by atoms with Crippen molar-refractivity contribution in [3.63, 3.8) is 0 Å². The maximum atomic E-state index is 11.5. The zero-order chi connectivity index (χ0) is 9.68. The SMILES string of the molecule is C=CSCC(=O)N1CCN(C)CC1. The molecule has 1 fully saturated rings. The molecular formula is C9H16N2OS. The molecule has 13 heavy (non-hydrogen) atoms. The summed E-state index contributed by atoms with van der Waals surface area (Å²) in [6.45, 7) is 7.29. The Balaban J connectivity index is 2.27. The molecule has 0 aliphatic carbocycles. The van der Waals surface area contributed by atoms with Crippen molar-refractivity contribution in [3.8, 4) is 0 Å². The first-order chi connectivity index (χ1) is 6.24. The number of rotatable bonds is 3. The molecule has 74 valence electrons. The van der Waals surface area contributed by atoms with E-state index >= 15 is 0 Å². The number of carbonyl (C=O) groups is 1. The number of amides is 1. The molecule has 1 heterocycles. The van der Waals surface area contributed by atoms with Crippen LogP contribution in [0.25, 0.3) is 0 Å². The molecule has 1 amide bonds. The van der Waals surface area contributed by atoms with E-state index in [2.05, 4.69) is 18.5 Å². The maximum absolute atomic E-state index is 11.5. The Labute approximate surface area is 83.8 Å². The van der Waals surface area contributed by atoms with Crippen molar-refractivity contribution in [1.82, 2.24) is 9.80 Å². The Kier molecular flexibility index (Phi) is 4.32. The molecule has 4 heteroatoms. The van der Waals surface area contributed by atoms with E-state index < -0.39 is 0 Å². The summed E-state index contributed by atoms with van der Waals surface area (Å²) in [5.41, 5.74) is 0. The first kappa shape index (κ1) is 10.6. The van der Waals surface area contributed by atoms with Crippen molar-refractivity contribution in [2.75, 3.05) is 39.0 Å². The second kappa shape index (κ2) is 5.29. The van der Waals surface area contributed by atoms with E-state index in [9.17, 15) is 4.79 Å². The van der Waals surface area contributed by atoms with E-state index in [1.807, 2.05) is 4.90 Å². The van der Waals surface area contributed by atoms with Crippen LogP contribution in [-0.2, 0) is 4.79 Å². The molecular weight excluding hydrogens is 184 g/mol. The van der Waals surface area contributed by atoms with Crippen molar-refractivity contribution in [1.29, 1.82) is 0 Å². The number of hydrogen-bond donors (Lipinski definition) is 0. The van der Waals surface area contributed by atoms with Gasteiger partial charge in [0.1, 0.15) is 0 Å². The molecule has 0 bridgehead atoms. The fourth-order valence-corrected chi connectivity index (χ4v) is 1.72. The van der Waals surface area contributed by atoms with Gasteiger partial charge in [-0.05, 0) is 12.5 Å². The summed E-state index contributed by atoms with van der Waals surface area (Å²) >= 11 is 1.47. The zero-order valence-corrected chi connectivity index (χ0v) is 8.85. The molecule has 0 atom stereocenters. The Hall–Kier alpha value is -0.480. The van der Waals surface area contributed by atoms with E-state index in [0.29, 0.717) is 5.75 Å². The smallest absolute Gasteiger partial charge is 0.232 e. The molecule has 0 aromatic rings. The number of likely N-dealkylation sites (N-methyl/N-ethyl adjacent to an activating group) is 1. The van der Waals surface area contributed by atoms with Gasteiger partial charge >= 0.3 is 0 Å². The van der Waals surface area contributed by atoms with Crippen molar-refractivity contribution in [2.24, 2.45) is 0 Å². The van der Waals surface area contributed by atoms with Gasteiger partial charge in [-0.1, -0.05) is 6.58 Å². The van der Waals surface area contributed by atoms with E-state index in [-0.39, 0.29) is 5.91 Å². The predicted octanol–water partition coefficient (Wildman–Crippen LogP) is 0.637. The second-order valence-corrected chi connectivity index (χ2v) is 4.12. The summed E-state index contributed by atoms with van der Waals surface area (Å²) in [4.78, 5) is 15.7. The average Bonchev–Trinajstić information content (AvgIpc) is 2.15. The van der Waals surface area contributed by atoms with Gasteiger partial charge in [-0.2, -0.15) is 0 Å². The van der Waals surface area contributed by atoms with Crippen LogP contribution in [0.15, 0.2) is 12.0 Å². The zero-order valence-electron chi connectivity index (χ0n) is 8.03. The molecule has 1 rings (SSSR count). The van der Waals surface area contributed by atoms with Crippen LogP contribution in [-0.4, -0.2) is 54.7 Å². The summed E-state index contributed by atoms with van der Waals surface area (Å²) in [6, 6.07) is 0. The number of carbonyl (C=O) groups excluding carboxylic acids is 1. The van der Waals surface area contributed by atoms with E-state index in [1.165, 1.54) is 11.8 Å². The lowest BCUT2D eigenvalue weighted by atomic mass is 10.3. The summed E-state index contributed by atoms with van der Waals surface area (Å²) < 4.78 is 0. The van der Waals surface area contributed by atoms with Crippen LogP contribution in [0.3, 0.4) is 0 Å². The summed E-state index contributed by atoms with van der Waals surface area (Å²) in [5.74, 6) is 0.769. The van der Waals surface area contributed by atoms with Crippen molar-refractivity contribution in [3.05, 3.63) is 12.0 Å². The van der Waals surface area contributed by atoms with Crippen LogP contribution >= 0.6 is 11.8 Å². The molecule has 0 N–H and O–H groups in total. The third-order valence-corrected chi connectivity index (χ3v) is 2.83. The van der Waals surface area contributed by atoms with E-state index in [4.69, 9.17) is 0 Å². The molecule has 3 nitrogen and oxygen atoms in total. The van der Waals surface area contributed by atoms with Gasteiger partial charge in [0.15, 0.2) is 0 Å². The standard InChI is InChI=1S/C9H16N2OS/c1-3-13-8-9(12)11-6-4-10(2)5-7-11/h3H,1,4-8H2,2H3. The highest BCUT2D eigenvalue weighted by atomic mass is 32.2. The molecule has 1 aliphatic heterocycles. The van der Waals surface area contributed by atoms with Crippen molar-refractivity contribution >= 4 is 17.7 Å². The lowest BCUT2D eigenvalue weighted by Crippen LogP contribution is -2.47. The van der Waals surface area contributed by atoms with Gasteiger partial charge in [0.25, 0.3) is 0 Å². The summed E-state index contributed by atoms with van der Waals surface area (Å²) in [6.07, 6.45) is 0. The quantitative estimate of drug-likeness (QED) is 0.668. The Morgan fingerprint density at radius 3 is 2.62 bits per heavy atom. The minimum absolute atomic E-state index is 0.234. The van der Waals surface area contributed by atoms with Gasteiger partial charge in [0.2, 0.25) is 5.91 Å². The fraction of sp³-hybridized carbons (Fsp3) is 0.667. The number of thioether (sulfide) groups is 1. The van der Waals surface area contributed by atoms with E-state index in [0.717, 1.165) is 26.2 Å². The first-order valence-electron chi connectivity index (χ1n) is 4.43. The molecule has 0 spiro atoms. The van der Waals surface area contributed by atoms with Gasteiger partial charge in [0.05, 0.1) is 5.75 Å². The Morgan fingerprint density at radius 2 is 2.08 bits per heavy atom. The van der Waals surface area contributed by atoms with Crippen molar-refractivity contribution in [2.45, 2.75) is 0 Å². The predicted molar refractivity (Wildman–Crippen MR) is 56.7 cm³/mol. The average molecular weight is 200 g/mol. The molecule has 0 unspecified atom stereocenters. The minimum atomic E-state index is 0.234. The van der Waals surface area contributed by atoms with Crippen LogP contribution in [0, 0.1) is 0 Å². The van der Waals surface area contributed by atoms with Crippen LogP contribution in [0.4, 0.5) is 0 Å². The maximum Gasteiger partial charge on any atom is 0.232 e. The van der Waals surface area contributed by atoms with Crippen LogP contribution in [0.1, 0.15) is 0 Å². The highest BCUT2D eigenvalue weighted by Crippen LogP contribution is 2.05. The van der Waals surface area contributed by atoms with E-state index in [1.54, 1.807) is 5.41 Å². The largest absolute Gasteiger partial charge is 0.339 e. The molecule has 0 saturated carbocycles. The van der Waals surface area contributed by atoms with Gasteiger partial charge in [-0.3, -0.25) is 4.79 Å². The van der Waals surface area contributed by atoms with Crippen LogP contribution in [0.2, 0.25) is 0 Å². The third-order valence-electron chi connectivity index (χ3n) is 2.18. The molecule has 1 saturated heterocycles. The number of piperazine rings is 1. The molecule has 0 aromatic carbocycles. The monoisotopic (exact) mass is 200 g/mol. The van der Waals surface area contributed by atoms with Gasteiger partial charge < -0.3 is 9.80 Å². The van der Waals surface area contributed by atoms with Gasteiger partial charge in [-0.15, -0.1) is 11.8 Å². The Bertz CT molecular complexity index is 188. The summed E-state index contributed by atoms with van der Waals surface area (Å²) in [5, 5.41) is 1.72. The van der Waals surface area contributed by atoms with Gasteiger partial charge in [0, 0.05) is 26.2 Å². The van der Waals surface area contributed by atoms with Gasteiger partial charge in [-0.25, -0.2) is 0 Å². The van der Waals surface area contributed by atoms with Crippen LogP contribution in [0.5, 0.6) is 0 Å². The van der Waals surface area contributed by atoms with Crippen molar-refractivity contribution < 1.29 is 4.79 Å². The third kappa shape index (κ3) is 3.40. The lowest BCUT2D eigenvalue weighted by Gasteiger charge is -2.32. The highest BCUT2D eigenvalue weighted by molar-refractivity contribution is 8.02. The molecule has 1 aliphatic rings. The minimum Gasteiger partial charge on any atom is -0.339 e. The van der Waals surface area contributed by atoms with Crippen LogP contribution < -0.4 is 0 Å². The summed E-state index contributed by atoms with van der Waals surface area (Å²) in [7, 11) is 2.08. The fourth-order valence-electron chi connectivity index (χ4n) is 1.28.